The molecule has 1 aliphatic rings. The van der Waals surface area contributed by atoms with E-state index >= 15 is 0 Å². The molecule has 1 unspecified atom stereocenters. The molecule has 0 bridgehead atoms. The predicted molar refractivity (Wildman–Crippen MR) is 55.8 cm³/mol. The molecular formula is C8H18N2O4S. The van der Waals surface area contributed by atoms with Gasteiger partial charge < -0.3 is 0 Å². The van der Waals surface area contributed by atoms with Gasteiger partial charge in [-0.3, -0.25) is 14.3 Å². The summed E-state index contributed by atoms with van der Waals surface area (Å²) >= 11 is 0. The van der Waals surface area contributed by atoms with E-state index in [2.05, 4.69) is 0 Å². The van der Waals surface area contributed by atoms with Gasteiger partial charge in [-0.1, -0.05) is 0 Å². The zero-order valence-corrected chi connectivity index (χ0v) is 9.90. The second-order valence-electron chi connectivity index (χ2n) is 3.50. The van der Waals surface area contributed by atoms with Crippen molar-refractivity contribution in [3.8, 4) is 0 Å². The molecule has 1 aliphatic heterocycles. The Morgan fingerprint density at radius 3 is 2.27 bits per heavy atom. The molecule has 0 radical (unpaired) electrons. The highest BCUT2D eigenvalue weighted by Gasteiger charge is 2.28. The van der Waals surface area contributed by atoms with Crippen LogP contribution in [-0.2, 0) is 15.0 Å². The number of piperazine rings is 1. The van der Waals surface area contributed by atoms with Crippen LogP contribution >= 0.6 is 0 Å². The molecular weight excluding hydrogens is 220 g/mol. The highest BCUT2D eigenvalue weighted by molar-refractivity contribution is 7.86. The first kappa shape index (κ1) is 12.9. The Bertz CT molecular complexity index is 285. The molecule has 0 spiro atoms. The van der Waals surface area contributed by atoms with Crippen LogP contribution in [0.3, 0.4) is 0 Å². The Balaban J connectivity index is 2.44. The minimum atomic E-state index is -3.97. The van der Waals surface area contributed by atoms with E-state index in [1.165, 1.54) is 6.92 Å². The Morgan fingerprint density at radius 1 is 1.33 bits per heavy atom. The largest absolute Gasteiger partial charge is 0.299 e. The summed E-state index contributed by atoms with van der Waals surface area (Å²) in [7, 11) is -3.97. The van der Waals surface area contributed by atoms with Gasteiger partial charge in [-0.05, 0) is 13.8 Å². The van der Waals surface area contributed by atoms with E-state index < -0.39 is 15.5 Å². The summed E-state index contributed by atoms with van der Waals surface area (Å²) in [6.45, 7) is 6.51. The first-order valence-corrected chi connectivity index (χ1v) is 6.53. The lowest BCUT2D eigenvalue weighted by Gasteiger charge is -2.35. The Kier molecular flexibility index (Phi) is 4.47. The maximum Gasteiger partial charge on any atom is 0.280 e. The maximum atomic E-state index is 10.9. The first-order chi connectivity index (χ1) is 6.95. The molecule has 1 rings (SSSR count). The fraction of sp³-hybridized carbons (Fsp3) is 1.00. The molecule has 0 aromatic rings. The zero-order valence-electron chi connectivity index (χ0n) is 9.09. The lowest BCUT2D eigenvalue weighted by Crippen LogP contribution is -2.51. The van der Waals surface area contributed by atoms with E-state index in [-0.39, 0.29) is 0 Å². The van der Waals surface area contributed by atoms with Crippen molar-refractivity contribution in [2.75, 3.05) is 32.8 Å². The predicted octanol–water partition coefficient (Wildman–Crippen LogP) is -0.211. The molecule has 0 aromatic heterocycles. The van der Waals surface area contributed by atoms with Crippen LogP contribution in [0.25, 0.3) is 0 Å². The van der Waals surface area contributed by atoms with Crippen LogP contribution in [0.2, 0.25) is 0 Å². The topological polar surface area (TPSA) is 70.1 Å². The van der Waals surface area contributed by atoms with Gasteiger partial charge in [0.1, 0.15) is 5.37 Å². The molecule has 7 heteroatoms. The number of hydrogen-bond acceptors (Lipinski definition) is 5. The quantitative estimate of drug-likeness (QED) is 0.683. The average molecular weight is 238 g/mol. The molecule has 15 heavy (non-hydrogen) atoms. The van der Waals surface area contributed by atoms with Crippen molar-refractivity contribution in [1.82, 2.24) is 9.96 Å². The van der Waals surface area contributed by atoms with E-state index in [9.17, 15) is 8.42 Å². The Hall–Kier alpha value is -0.210. The highest BCUT2D eigenvalue weighted by Crippen LogP contribution is 2.10. The van der Waals surface area contributed by atoms with E-state index in [0.29, 0.717) is 32.8 Å². The number of rotatable bonds is 4. The molecule has 1 fully saturated rings. The maximum absolute atomic E-state index is 10.9. The lowest BCUT2D eigenvalue weighted by atomic mass is 10.3. The molecule has 90 valence electrons. The number of hydroxylamine groups is 2. The van der Waals surface area contributed by atoms with Gasteiger partial charge in [-0.15, -0.1) is 0 Å². The van der Waals surface area contributed by atoms with Gasteiger partial charge in [-0.2, -0.15) is 13.5 Å². The molecule has 1 N–H and O–H groups in total. The van der Waals surface area contributed by atoms with E-state index in [0.717, 1.165) is 0 Å². The van der Waals surface area contributed by atoms with Gasteiger partial charge >= 0.3 is 0 Å². The molecule has 1 heterocycles. The van der Waals surface area contributed by atoms with Crippen LogP contribution in [0.4, 0.5) is 0 Å². The van der Waals surface area contributed by atoms with Gasteiger partial charge in [0.15, 0.2) is 0 Å². The van der Waals surface area contributed by atoms with Crippen molar-refractivity contribution < 1.29 is 17.8 Å². The standard InChI is InChI=1S/C8H18N2O4S/c1-3-14-10-6-4-9(5-7-10)8(2)15(11,12)13/h8H,3-7H2,1-2H3,(H,11,12,13). The SMILES string of the molecule is CCON1CCN(C(C)S(=O)(=O)O)CC1. The molecule has 6 nitrogen and oxygen atoms in total. The lowest BCUT2D eigenvalue weighted by molar-refractivity contribution is -0.173. The zero-order chi connectivity index (χ0) is 11.5. The van der Waals surface area contributed by atoms with Gasteiger partial charge in [0.2, 0.25) is 0 Å². The van der Waals surface area contributed by atoms with E-state index in [1.807, 2.05) is 12.0 Å². The highest BCUT2D eigenvalue weighted by atomic mass is 32.2. The third kappa shape index (κ3) is 3.69. The summed E-state index contributed by atoms with van der Waals surface area (Å²) in [5.74, 6) is 0. The van der Waals surface area contributed by atoms with Crippen LogP contribution < -0.4 is 0 Å². The van der Waals surface area contributed by atoms with Crippen LogP contribution in [0.5, 0.6) is 0 Å². The smallest absolute Gasteiger partial charge is 0.280 e. The van der Waals surface area contributed by atoms with Crippen molar-refractivity contribution in [1.29, 1.82) is 0 Å². The molecule has 0 aliphatic carbocycles. The molecule has 1 saturated heterocycles. The number of hydrogen-bond donors (Lipinski definition) is 1. The molecule has 1 atom stereocenters. The van der Waals surface area contributed by atoms with Crippen molar-refractivity contribution >= 4 is 10.1 Å². The first-order valence-electron chi connectivity index (χ1n) is 5.03. The third-order valence-electron chi connectivity index (χ3n) is 2.53. The van der Waals surface area contributed by atoms with Crippen LogP contribution in [0, 0.1) is 0 Å². The average Bonchev–Trinajstić information content (AvgIpc) is 2.17. The van der Waals surface area contributed by atoms with Gasteiger partial charge in [0.25, 0.3) is 10.1 Å². The van der Waals surface area contributed by atoms with Crippen LogP contribution in [0.1, 0.15) is 13.8 Å². The minimum Gasteiger partial charge on any atom is -0.299 e. The molecule has 0 aromatic carbocycles. The Labute approximate surface area is 90.5 Å². The fourth-order valence-electron chi connectivity index (χ4n) is 1.57. The Morgan fingerprint density at radius 2 is 1.87 bits per heavy atom. The summed E-state index contributed by atoms with van der Waals surface area (Å²) in [5, 5.41) is 0.981. The molecule has 0 saturated carbocycles. The van der Waals surface area contributed by atoms with E-state index in [1.54, 1.807) is 4.90 Å². The fourth-order valence-corrected chi connectivity index (χ4v) is 2.15. The van der Waals surface area contributed by atoms with Crippen molar-refractivity contribution in [2.45, 2.75) is 19.2 Å². The summed E-state index contributed by atoms with van der Waals surface area (Å²) in [6.07, 6.45) is 0. The second kappa shape index (κ2) is 5.22. The van der Waals surface area contributed by atoms with Crippen molar-refractivity contribution in [2.24, 2.45) is 0 Å². The normalized spacial score (nSPS) is 22.9. The van der Waals surface area contributed by atoms with Gasteiger partial charge in [0.05, 0.1) is 6.61 Å². The van der Waals surface area contributed by atoms with E-state index in [4.69, 9.17) is 9.39 Å². The van der Waals surface area contributed by atoms with Crippen molar-refractivity contribution in [3.63, 3.8) is 0 Å². The third-order valence-corrected chi connectivity index (χ3v) is 3.69. The summed E-state index contributed by atoms with van der Waals surface area (Å²) in [5.41, 5.74) is 0. The summed E-state index contributed by atoms with van der Waals surface area (Å²) < 4.78 is 30.7. The second-order valence-corrected chi connectivity index (χ2v) is 5.21. The molecule has 0 amide bonds. The minimum absolute atomic E-state index is 0.584. The van der Waals surface area contributed by atoms with Gasteiger partial charge in [-0.25, -0.2) is 0 Å². The van der Waals surface area contributed by atoms with Gasteiger partial charge in [0, 0.05) is 26.2 Å². The monoisotopic (exact) mass is 238 g/mol. The number of nitrogens with zero attached hydrogens (tertiary/aromatic N) is 2. The van der Waals surface area contributed by atoms with Crippen LogP contribution in [-0.4, -0.2) is 61.1 Å². The summed E-state index contributed by atoms with van der Waals surface area (Å²) in [6, 6.07) is 0. The van der Waals surface area contributed by atoms with Crippen molar-refractivity contribution in [3.05, 3.63) is 0 Å². The summed E-state index contributed by atoms with van der Waals surface area (Å²) in [4.78, 5) is 7.02. The van der Waals surface area contributed by atoms with Crippen LogP contribution in [0.15, 0.2) is 0 Å².